The lowest BCUT2D eigenvalue weighted by atomic mass is 9.90. The van der Waals surface area contributed by atoms with Crippen molar-refractivity contribution in [2.45, 2.75) is 26.2 Å². The molecule has 0 radical (unpaired) electrons. The van der Waals surface area contributed by atoms with Crippen molar-refractivity contribution in [3.05, 3.63) is 88.0 Å². The van der Waals surface area contributed by atoms with E-state index in [0.29, 0.717) is 11.3 Å². The summed E-state index contributed by atoms with van der Waals surface area (Å²) >= 11 is 0. The lowest BCUT2D eigenvalue weighted by Gasteiger charge is -2.19. The number of pyridine rings is 2. The van der Waals surface area contributed by atoms with Gasteiger partial charge in [0.25, 0.3) is 5.56 Å². The van der Waals surface area contributed by atoms with Gasteiger partial charge in [-0.05, 0) is 35.4 Å². The first-order valence-corrected chi connectivity index (χ1v) is 8.37. The van der Waals surface area contributed by atoms with Crippen LogP contribution < -0.4 is 5.56 Å². The van der Waals surface area contributed by atoms with Gasteiger partial charge < -0.3 is 4.98 Å². The van der Waals surface area contributed by atoms with Crippen LogP contribution in [0, 0.1) is 0 Å². The first-order chi connectivity index (χ1) is 11.9. The molecule has 3 rings (SSSR count). The predicted octanol–water partition coefficient (Wildman–Crippen LogP) is 4.90. The Labute approximate surface area is 148 Å². The van der Waals surface area contributed by atoms with Crippen molar-refractivity contribution in [2.75, 3.05) is 0 Å². The lowest BCUT2D eigenvalue weighted by Crippen LogP contribution is -2.15. The fraction of sp³-hybridized carbons (Fsp3) is 0.182. The summed E-state index contributed by atoms with van der Waals surface area (Å²) in [6.45, 7) is 6.37. The van der Waals surface area contributed by atoms with E-state index in [2.05, 4.69) is 56.1 Å². The van der Waals surface area contributed by atoms with Gasteiger partial charge in [-0.3, -0.25) is 9.78 Å². The minimum absolute atomic E-state index is 0.104. The molecular weight excluding hydrogens is 308 g/mol. The number of benzene rings is 1. The molecule has 1 N–H and O–H groups in total. The van der Waals surface area contributed by atoms with Gasteiger partial charge in [-0.25, -0.2) is 0 Å². The third-order valence-electron chi connectivity index (χ3n) is 3.98. The van der Waals surface area contributed by atoms with E-state index in [1.807, 2.05) is 30.3 Å². The minimum atomic E-state index is -0.126. The summed E-state index contributed by atoms with van der Waals surface area (Å²) in [5.74, 6) is 0. The van der Waals surface area contributed by atoms with Crippen LogP contribution >= 0.6 is 0 Å². The van der Waals surface area contributed by atoms with E-state index in [9.17, 15) is 4.79 Å². The molecule has 2 aromatic heterocycles. The van der Waals surface area contributed by atoms with Crippen molar-refractivity contribution in [1.29, 1.82) is 0 Å². The molecule has 0 bridgehead atoms. The van der Waals surface area contributed by atoms with Gasteiger partial charge in [-0.15, -0.1) is 0 Å². The van der Waals surface area contributed by atoms with E-state index < -0.39 is 0 Å². The van der Waals surface area contributed by atoms with Gasteiger partial charge in [-0.2, -0.15) is 0 Å². The summed E-state index contributed by atoms with van der Waals surface area (Å²) in [6, 6.07) is 17.8. The molecule has 2 heterocycles. The van der Waals surface area contributed by atoms with Crippen molar-refractivity contribution in [3.63, 3.8) is 0 Å². The van der Waals surface area contributed by atoms with Crippen LogP contribution in [0.4, 0.5) is 0 Å². The normalized spacial score (nSPS) is 11.8. The monoisotopic (exact) mass is 330 g/mol. The van der Waals surface area contributed by atoms with E-state index in [4.69, 9.17) is 4.98 Å². The van der Waals surface area contributed by atoms with Crippen molar-refractivity contribution in [3.8, 4) is 11.3 Å². The summed E-state index contributed by atoms with van der Waals surface area (Å²) in [7, 11) is 0. The maximum Gasteiger partial charge on any atom is 0.257 e. The van der Waals surface area contributed by atoms with Gasteiger partial charge in [-0.1, -0.05) is 63.3 Å². The Balaban J connectivity index is 2.09. The van der Waals surface area contributed by atoms with Crippen LogP contribution in [-0.2, 0) is 5.41 Å². The summed E-state index contributed by atoms with van der Waals surface area (Å²) in [6.07, 6.45) is 5.77. The summed E-state index contributed by atoms with van der Waals surface area (Å²) in [5.41, 5.74) is 4.18. The zero-order valence-corrected chi connectivity index (χ0v) is 14.8. The third-order valence-corrected chi connectivity index (χ3v) is 3.98. The van der Waals surface area contributed by atoms with Gasteiger partial charge in [0.2, 0.25) is 0 Å². The molecule has 0 spiro atoms. The quantitative estimate of drug-likeness (QED) is 0.742. The van der Waals surface area contributed by atoms with Gasteiger partial charge in [0.1, 0.15) is 0 Å². The molecule has 0 amide bonds. The Kier molecular flexibility index (Phi) is 4.66. The average molecular weight is 330 g/mol. The van der Waals surface area contributed by atoms with Crippen LogP contribution in [0.15, 0.2) is 65.6 Å². The molecule has 0 saturated carbocycles. The van der Waals surface area contributed by atoms with Gasteiger partial charge in [0.05, 0.1) is 11.3 Å². The molecule has 0 saturated heterocycles. The Morgan fingerprint density at radius 3 is 2.32 bits per heavy atom. The topological polar surface area (TPSA) is 45.8 Å². The molecular formula is C22H22N2O. The zero-order valence-electron chi connectivity index (χ0n) is 14.8. The Bertz CT molecular complexity index is 948. The summed E-state index contributed by atoms with van der Waals surface area (Å²) < 4.78 is 0. The molecule has 25 heavy (non-hydrogen) atoms. The summed E-state index contributed by atoms with van der Waals surface area (Å²) in [4.78, 5) is 19.6. The Morgan fingerprint density at radius 2 is 1.64 bits per heavy atom. The molecule has 0 aliphatic heterocycles. The SMILES string of the molecule is CC(C)(C)c1cc(/C=C/c2ccccc2)cc(-c2ccc[nH]c2=O)n1. The van der Waals surface area contributed by atoms with Crippen LogP contribution in [0.5, 0.6) is 0 Å². The lowest BCUT2D eigenvalue weighted by molar-refractivity contribution is 0.569. The fourth-order valence-electron chi connectivity index (χ4n) is 2.55. The van der Waals surface area contributed by atoms with E-state index >= 15 is 0 Å². The number of hydrogen-bond acceptors (Lipinski definition) is 2. The highest BCUT2D eigenvalue weighted by molar-refractivity contribution is 5.72. The number of nitrogens with one attached hydrogen (secondary N) is 1. The minimum Gasteiger partial charge on any atom is -0.329 e. The number of H-pyrrole nitrogens is 1. The first-order valence-electron chi connectivity index (χ1n) is 8.37. The number of aromatic amines is 1. The van der Waals surface area contributed by atoms with Crippen LogP contribution in [0.1, 0.15) is 37.6 Å². The summed E-state index contributed by atoms with van der Waals surface area (Å²) in [5, 5.41) is 0. The first kappa shape index (κ1) is 16.9. The van der Waals surface area contributed by atoms with Crippen LogP contribution in [0.25, 0.3) is 23.4 Å². The number of nitrogens with zero attached hydrogens (tertiary/aromatic N) is 1. The number of aromatic nitrogens is 2. The Morgan fingerprint density at radius 1 is 0.920 bits per heavy atom. The van der Waals surface area contributed by atoms with E-state index in [-0.39, 0.29) is 11.0 Å². The maximum absolute atomic E-state index is 12.2. The van der Waals surface area contributed by atoms with Crippen LogP contribution in [0.3, 0.4) is 0 Å². The molecule has 3 nitrogen and oxygen atoms in total. The molecule has 0 atom stereocenters. The number of rotatable bonds is 3. The second kappa shape index (κ2) is 6.89. The average Bonchev–Trinajstić information content (AvgIpc) is 2.60. The van der Waals surface area contributed by atoms with Crippen molar-refractivity contribution >= 4 is 12.2 Å². The van der Waals surface area contributed by atoms with E-state index in [0.717, 1.165) is 16.8 Å². The molecule has 0 aliphatic rings. The predicted molar refractivity (Wildman–Crippen MR) is 104 cm³/mol. The van der Waals surface area contributed by atoms with Crippen molar-refractivity contribution < 1.29 is 0 Å². The number of hydrogen-bond donors (Lipinski definition) is 1. The molecule has 126 valence electrons. The molecule has 0 unspecified atom stereocenters. The highest BCUT2D eigenvalue weighted by Crippen LogP contribution is 2.25. The Hall–Kier alpha value is -2.94. The van der Waals surface area contributed by atoms with E-state index in [1.165, 1.54) is 0 Å². The molecule has 1 aromatic carbocycles. The third kappa shape index (κ3) is 4.13. The maximum atomic E-state index is 12.2. The fourth-order valence-corrected chi connectivity index (χ4v) is 2.55. The smallest absolute Gasteiger partial charge is 0.257 e. The second-order valence-electron chi connectivity index (χ2n) is 7.08. The largest absolute Gasteiger partial charge is 0.329 e. The van der Waals surface area contributed by atoms with Gasteiger partial charge in [0.15, 0.2) is 0 Å². The molecule has 0 aliphatic carbocycles. The van der Waals surface area contributed by atoms with Gasteiger partial charge >= 0.3 is 0 Å². The van der Waals surface area contributed by atoms with Crippen LogP contribution in [0.2, 0.25) is 0 Å². The van der Waals surface area contributed by atoms with Crippen molar-refractivity contribution in [1.82, 2.24) is 9.97 Å². The standard InChI is InChI=1S/C22H22N2O/c1-22(2,3)20-15-17(12-11-16-8-5-4-6-9-16)14-19(24-20)18-10-7-13-23-21(18)25/h4-15H,1-3H3,(H,23,25)/b12-11+. The molecule has 3 heteroatoms. The van der Waals surface area contributed by atoms with Crippen LogP contribution in [-0.4, -0.2) is 9.97 Å². The van der Waals surface area contributed by atoms with Crippen molar-refractivity contribution in [2.24, 2.45) is 0 Å². The van der Waals surface area contributed by atoms with E-state index in [1.54, 1.807) is 12.3 Å². The molecule has 0 fully saturated rings. The highest BCUT2D eigenvalue weighted by atomic mass is 16.1. The molecule has 3 aromatic rings. The highest BCUT2D eigenvalue weighted by Gasteiger charge is 2.18. The second-order valence-corrected chi connectivity index (χ2v) is 7.08. The zero-order chi connectivity index (χ0) is 17.9. The van der Waals surface area contributed by atoms with Gasteiger partial charge in [0, 0.05) is 17.3 Å².